The molecule has 2 aliphatic rings. The lowest BCUT2D eigenvalue weighted by atomic mass is 9.99. The second-order valence-corrected chi connectivity index (χ2v) is 11.0. The van der Waals surface area contributed by atoms with Crippen molar-refractivity contribution < 1.29 is 23.4 Å². The van der Waals surface area contributed by atoms with E-state index < -0.39 is 40.9 Å². The van der Waals surface area contributed by atoms with Crippen LogP contribution in [0.1, 0.15) is 57.1 Å². The number of amides is 1. The van der Waals surface area contributed by atoms with E-state index in [1.165, 1.54) is 12.1 Å². The highest BCUT2D eigenvalue weighted by Gasteiger charge is 2.61. The first kappa shape index (κ1) is 24.1. The maximum Gasteiger partial charge on any atom is 0.408 e. The van der Waals surface area contributed by atoms with Crippen LogP contribution in [0, 0.1) is 11.6 Å². The molecule has 2 fully saturated rings. The average Bonchev–Trinajstić information content (AvgIpc) is 3.60. The van der Waals surface area contributed by atoms with Crippen LogP contribution >= 0.6 is 15.9 Å². The van der Waals surface area contributed by atoms with Crippen molar-refractivity contribution in [2.75, 3.05) is 6.54 Å². The van der Waals surface area contributed by atoms with Crippen LogP contribution in [0.15, 0.2) is 46.9 Å². The summed E-state index contributed by atoms with van der Waals surface area (Å²) < 4.78 is 34.1. The van der Waals surface area contributed by atoms with Gasteiger partial charge in [0.2, 0.25) is 0 Å². The van der Waals surface area contributed by atoms with Crippen LogP contribution in [0.5, 0.6) is 0 Å². The zero-order chi connectivity index (χ0) is 24.0. The molecule has 3 atom stereocenters. The number of aliphatic hydroxyl groups excluding tert-OH is 1. The molecule has 0 radical (unpaired) electrons. The van der Waals surface area contributed by atoms with E-state index in [1.807, 2.05) is 18.2 Å². The topological polar surface area (TPSA) is 70.6 Å². The SMILES string of the molecule is CC(C)(C)OC(=O)NC1([C@H](O)CNC2(c3cccc(Br)c3)CC2)CC1c1cc(F)cc(F)c1. The normalized spacial score (nSPS) is 24.2. The molecular formula is C25H29BrF2N2O3. The van der Waals surface area contributed by atoms with Gasteiger partial charge in [-0.3, -0.25) is 0 Å². The lowest BCUT2D eigenvalue weighted by Crippen LogP contribution is -2.53. The average molecular weight is 523 g/mol. The molecule has 5 nitrogen and oxygen atoms in total. The number of ether oxygens (including phenoxy) is 1. The minimum Gasteiger partial charge on any atom is -0.444 e. The molecule has 8 heteroatoms. The number of carbonyl (C=O) groups is 1. The van der Waals surface area contributed by atoms with Crippen molar-refractivity contribution in [1.82, 2.24) is 10.6 Å². The van der Waals surface area contributed by atoms with Crippen molar-refractivity contribution >= 4 is 22.0 Å². The summed E-state index contributed by atoms with van der Waals surface area (Å²) in [6.07, 6.45) is 0.546. The quantitative estimate of drug-likeness (QED) is 0.472. The molecule has 0 aliphatic heterocycles. The Morgan fingerprint density at radius 1 is 1.21 bits per heavy atom. The van der Waals surface area contributed by atoms with Gasteiger partial charge in [0, 0.05) is 28.5 Å². The molecule has 2 saturated carbocycles. The van der Waals surface area contributed by atoms with Crippen molar-refractivity contribution in [3.63, 3.8) is 0 Å². The Bertz CT molecular complexity index is 1030. The summed E-state index contributed by atoms with van der Waals surface area (Å²) in [7, 11) is 0. The Kier molecular flexibility index (Phi) is 6.31. The van der Waals surface area contributed by atoms with Crippen molar-refractivity contribution in [2.45, 2.75) is 68.7 Å². The van der Waals surface area contributed by atoms with E-state index >= 15 is 0 Å². The van der Waals surface area contributed by atoms with Crippen molar-refractivity contribution in [3.05, 3.63) is 69.7 Å². The zero-order valence-electron chi connectivity index (χ0n) is 18.9. The van der Waals surface area contributed by atoms with Gasteiger partial charge in [-0.25, -0.2) is 13.6 Å². The molecule has 2 aromatic carbocycles. The van der Waals surface area contributed by atoms with Gasteiger partial charge in [-0.05, 0) is 75.4 Å². The van der Waals surface area contributed by atoms with E-state index in [4.69, 9.17) is 4.74 Å². The number of benzene rings is 2. The molecule has 2 aromatic rings. The molecule has 2 aliphatic carbocycles. The Morgan fingerprint density at radius 2 is 1.88 bits per heavy atom. The van der Waals surface area contributed by atoms with Crippen molar-refractivity contribution in [3.8, 4) is 0 Å². The summed E-state index contributed by atoms with van der Waals surface area (Å²) in [5.41, 5.74) is -0.507. The molecular weight excluding hydrogens is 494 g/mol. The monoisotopic (exact) mass is 522 g/mol. The molecule has 0 spiro atoms. The van der Waals surface area contributed by atoms with Gasteiger partial charge in [0.25, 0.3) is 0 Å². The molecule has 4 rings (SSSR count). The largest absolute Gasteiger partial charge is 0.444 e. The second-order valence-electron chi connectivity index (χ2n) is 10.1. The van der Waals surface area contributed by atoms with Crippen LogP contribution in [0.2, 0.25) is 0 Å². The minimum absolute atomic E-state index is 0.205. The molecule has 0 saturated heterocycles. The van der Waals surface area contributed by atoms with Gasteiger partial charge >= 0.3 is 6.09 Å². The number of carbonyl (C=O) groups excluding carboxylic acids is 1. The smallest absolute Gasteiger partial charge is 0.408 e. The zero-order valence-corrected chi connectivity index (χ0v) is 20.5. The van der Waals surface area contributed by atoms with Gasteiger partial charge in [0.1, 0.15) is 17.2 Å². The fourth-order valence-corrected chi connectivity index (χ4v) is 4.91. The van der Waals surface area contributed by atoms with Gasteiger partial charge in [0.05, 0.1) is 11.6 Å². The number of alkyl carbamates (subject to hydrolysis) is 1. The standard InChI is InChI=1S/C25H29BrF2N2O3/c1-23(2,3)33-22(32)30-25(13-20(25)15-9-18(27)12-19(28)10-15)21(31)14-29-24(7-8-24)16-5-4-6-17(26)11-16/h4-6,9-12,20-21,29,31H,7-8,13-14H2,1-3H3,(H,30,32)/t20?,21-,25?/m1/s1. The number of halogens is 3. The fraction of sp³-hybridized carbons (Fsp3) is 0.480. The number of nitrogens with one attached hydrogen (secondary N) is 2. The molecule has 178 valence electrons. The van der Waals surface area contributed by atoms with Crippen LogP contribution in [0.4, 0.5) is 13.6 Å². The highest BCUT2D eigenvalue weighted by Crippen LogP contribution is 2.54. The van der Waals surface area contributed by atoms with E-state index in [-0.39, 0.29) is 12.1 Å². The molecule has 1 amide bonds. The Balaban J connectivity index is 1.53. The number of hydrogen-bond donors (Lipinski definition) is 3. The van der Waals surface area contributed by atoms with E-state index in [0.717, 1.165) is 28.9 Å². The van der Waals surface area contributed by atoms with Crippen molar-refractivity contribution in [2.24, 2.45) is 0 Å². The Labute approximate surface area is 201 Å². The third-order valence-electron chi connectivity index (χ3n) is 6.38. The van der Waals surface area contributed by atoms with Crippen LogP contribution in [0.25, 0.3) is 0 Å². The number of aliphatic hydroxyl groups is 1. The first-order valence-electron chi connectivity index (χ1n) is 11.1. The summed E-state index contributed by atoms with van der Waals surface area (Å²) in [5.74, 6) is -1.82. The number of rotatable bonds is 7. The third-order valence-corrected chi connectivity index (χ3v) is 6.87. The summed E-state index contributed by atoms with van der Waals surface area (Å²) in [5, 5.41) is 17.5. The predicted octanol–water partition coefficient (Wildman–Crippen LogP) is 5.12. The lowest BCUT2D eigenvalue weighted by Gasteiger charge is -2.29. The predicted molar refractivity (Wildman–Crippen MR) is 125 cm³/mol. The molecule has 3 N–H and O–H groups in total. The highest BCUT2D eigenvalue weighted by molar-refractivity contribution is 9.10. The molecule has 0 aromatic heterocycles. The molecule has 0 heterocycles. The summed E-state index contributed by atoms with van der Waals surface area (Å²) in [4.78, 5) is 12.6. The van der Waals surface area contributed by atoms with Crippen molar-refractivity contribution in [1.29, 1.82) is 0 Å². The maximum atomic E-state index is 13.9. The highest BCUT2D eigenvalue weighted by atomic mass is 79.9. The van der Waals surface area contributed by atoms with Gasteiger partial charge < -0.3 is 20.5 Å². The maximum absolute atomic E-state index is 13.9. The number of hydrogen-bond acceptors (Lipinski definition) is 4. The minimum atomic E-state index is -1.08. The first-order valence-corrected chi connectivity index (χ1v) is 11.9. The van der Waals surface area contributed by atoms with E-state index in [2.05, 4.69) is 32.6 Å². The molecule has 0 bridgehead atoms. The van der Waals surface area contributed by atoms with Gasteiger partial charge in [-0.15, -0.1) is 0 Å². The van der Waals surface area contributed by atoms with Crippen LogP contribution in [-0.2, 0) is 10.3 Å². The third kappa shape index (κ3) is 5.39. The van der Waals surface area contributed by atoms with E-state index in [9.17, 15) is 18.7 Å². The van der Waals surface area contributed by atoms with E-state index in [0.29, 0.717) is 12.0 Å². The molecule has 2 unspecified atom stereocenters. The summed E-state index contributed by atoms with van der Waals surface area (Å²) in [6, 6.07) is 11.3. The summed E-state index contributed by atoms with van der Waals surface area (Å²) in [6.45, 7) is 5.45. The van der Waals surface area contributed by atoms with Crippen LogP contribution < -0.4 is 10.6 Å². The summed E-state index contributed by atoms with van der Waals surface area (Å²) >= 11 is 3.50. The van der Waals surface area contributed by atoms with E-state index in [1.54, 1.807) is 20.8 Å². The Hall–Kier alpha value is -2.03. The second kappa shape index (κ2) is 8.64. The first-order chi connectivity index (χ1) is 15.4. The van der Waals surface area contributed by atoms with Gasteiger partial charge in [-0.1, -0.05) is 28.1 Å². The van der Waals surface area contributed by atoms with Gasteiger partial charge in [0.15, 0.2) is 0 Å². The van der Waals surface area contributed by atoms with Gasteiger partial charge in [-0.2, -0.15) is 0 Å². The van der Waals surface area contributed by atoms with Crippen LogP contribution in [0.3, 0.4) is 0 Å². The van der Waals surface area contributed by atoms with Crippen LogP contribution in [-0.4, -0.2) is 35.0 Å². The Morgan fingerprint density at radius 3 is 2.45 bits per heavy atom. The fourth-order valence-electron chi connectivity index (χ4n) is 4.51. The molecule has 33 heavy (non-hydrogen) atoms. The lowest BCUT2D eigenvalue weighted by molar-refractivity contribution is 0.0382.